The molecule has 1 aromatic heterocycles. The van der Waals surface area contributed by atoms with Crippen molar-refractivity contribution >= 4 is 16.6 Å². The molecule has 0 spiro atoms. The zero-order chi connectivity index (χ0) is 13.1. The van der Waals surface area contributed by atoms with Crippen LogP contribution in [0.3, 0.4) is 0 Å². The minimum absolute atomic E-state index is 0.585. The minimum atomic E-state index is 0.585. The molecule has 94 valence electrons. The van der Waals surface area contributed by atoms with Gasteiger partial charge in [-0.1, -0.05) is 36.4 Å². The molecule has 3 rings (SSSR count). The maximum atomic E-state index is 5.78. The first-order valence-electron chi connectivity index (χ1n) is 6.16. The van der Waals surface area contributed by atoms with E-state index >= 15 is 0 Å². The van der Waals surface area contributed by atoms with Gasteiger partial charge in [0, 0.05) is 13.1 Å². The van der Waals surface area contributed by atoms with Crippen LogP contribution in [0, 0.1) is 0 Å². The number of aromatic nitrogens is 1. The van der Waals surface area contributed by atoms with Gasteiger partial charge in [0.05, 0.1) is 0 Å². The number of fused-ring (bicyclic) bond motifs is 1. The molecule has 2 aromatic carbocycles. The Morgan fingerprint density at radius 2 is 1.74 bits per heavy atom. The fraction of sp³-hybridized carbons (Fsp3) is 0.0625. The van der Waals surface area contributed by atoms with Gasteiger partial charge < -0.3 is 10.1 Å². The van der Waals surface area contributed by atoms with Gasteiger partial charge >= 0.3 is 0 Å². The van der Waals surface area contributed by atoms with Gasteiger partial charge in [0.2, 0.25) is 5.88 Å². The SMILES string of the molecule is CNc1cccc(Oc2ccc3ccccc3c2)n1. The number of ether oxygens (including phenoxy) is 1. The summed E-state index contributed by atoms with van der Waals surface area (Å²) in [5, 5.41) is 5.35. The fourth-order valence-corrected chi connectivity index (χ4v) is 1.96. The zero-order valence-corrected chi connectivity index (χ0v) is 10.6. The monoisotopic (exact) mass is 250 g/mol. The Kier molecular flexibility index (Phi) is 3.02. The normalized spacial score (nSPS) is 10.4. The molecule has 0 radical (unpaired) electrons. The molecule has 1 N–H and O–H groups in total. The highest BCUT2D eigenvalue weighted by Crippen LogP contribution is 2.25. The second-order valence-electron chi connectivity index (χ2n) is 4.22. The largest absolute Gasteiger partial charge is 0.439 e. The number of pyridine rings is 1. The summed E-state index contributed by atoms with van der Waals surface area (Å²) < 4.78 is 5.78. The fourth-order valence-electron chi connectivity index (χ4n) is 1.96. The van der Waals surface area contributed by atoms with Crippen molar-refractivity contribution in [1.29, 1.82) is 0 Å². The number of hydrogen-bond donors (Lipinski definition) is 1. The van der Waals surface area contributed by atoms with E-state index in [1.54, 1.807) is 0 Å². The second-order valence-corrected chi connectivity index (χ2v) is 4.22. The van der Waals surface area contributed by atoms with Crippen molar-refractivity contribution in [3.63, 3.8) is 0 Å². The van der Waals surface area contributed by atoms with Crippen LogP contribution in [0.5, 0.6) is 11.6 Å². The molecule has 3 heteroatoms. The van der Waals surface area contributed by atoms with Crippen molar-refractivity contribution in [3.05, 3.63) is 60.7 Å². The molecule has 19 heavy (non-hydrogen) atoms. The molecule has 0 fully saturated rings. The van der Waals surface area contributed by atoms with E-state index in [0.29, 0.717) is 5.88 Å². The standard InChI is InChI=1S/C16H14N2O/c1-17-15-7-4-8-16(18-15)19-14-10-9-12-5-2-3-6-13(12)11-14/h2-11H,1H3,(H,17,18). The molecule has 3 aromatic rings. The smallest absolute Gasteiger partial charge is 0.221 e. The Labute approximate surface area is 111 Å². The Balaban J connectivity index is 1.92. The summed E-state index contributed by atoms with van der Waals surface area (Å²) >= 11 is 0. The lowest BCUT2D eigenvalue weighted by molar-refractivity contribution is 0.464. The quantitative estimate of drug-likeness (QED) is 0.760. The number of hydrogen-bond acceptors (Lipinski definition) is 3. The van der Waals surface area contributed by atoms with E-state index in [4.69, 9.17) is 4.74 Å². The molecule has 0 aliphatic heterocycles. The molecule has 0 saturated heterocycles. The third-order valence-electron chi connectivity index (χ3n) is 2.92. The van der Waals surface area contributed by atoms with Gasteiger partial charge in [-0.05, 0) is 29.0 Å². The summed E-state index contributed by atoms with van der Waals surface area (Å²) in [6.45, 7) is 0. The van der Waals surface area contributed by atoms with Gasteiger partial charge in [0.15, 0.2) is 0 Å². The van der Waals surface area contributed by atoms with Gasteiger partial charge in [0.25, 0.3) is 0 Å². The summed E-state index contributed by atoms with van der Waals surface area (Å²) in [7, 11) is 1.84. The van der Waals surface area contributed by atoms with Crippen molar-refractivity contribution in [2.45, 2.75) is 0 Å². The third kappa shape index (κ3) is 2.50. The lowest BCUT2D eigenvalue weighted by atomic mass is 10.1. The van der Waals surface area contributed by atoms with Crippen molar-refractivity contribution in [3.8, 4) is 11.6 Å². The van der Waals surface area contributed by atoms with E-state index in [-0.39, 0.29) is 0 Å². The average molecular weight is 250 g/mol. The average Bonchev–Trinajstić information content (AvgIpc) is 2.47. The lowest BCUT2D eigenvalue weighted by Crippen LogP contribution is -1.94. The first-order valence-corrected chi connectivity index (χ1v) is 6.16. The van der Waals surface area contributed by atoms with Gasteiger partial charge in [-0.25, -0.2) is 0 Å². The van der Waals surface area contributed by atoms with Crippen LogP contribution in [0.15, 0.2) is 60.7 Å². The zero-order valence-electron chi connectivity index (χ0n) is 10.6. The molecular formula is C16H14N2O. The van der Waals surface area contributed by atoms with Crippen LogP contribution in [-0.4, -0.2) is 12.0 Å². The summed E-state index contributed by atoms with van der Waals surface area (Å²) in [4.78, 5) is 4.33. The molecule has 1 heterocycles. The van der Waals surface area contributed by atoms with Crippen LogP contribution in [-0.2, 0) is 0 Å². The molecule has 0 atom stereocenters. The second kappa shape index (κ2) is 4.98. The predicted molar refractivity (Wildman–Crippen MR) is 77.8 cm³/mol. The van der Waals surface area contributed by atoms with E-state index in [2.05, 4.69) is 22.4 Å². The lowest BCUT2D eigenvalue weighted by Gasteiger charge is -2.07. The number of benzene rings is 2. The number of rotatable bonds is 3. The molecule has 0 unspecified atom stereocenters. The van der Waals surface area contributed by atoms with E-state index in [0.717, 1.165) is 17.0 Å². The van der Waals surface area contributed by atoms with Crippen LogP contribution >= 0.6 is 0 Å². The Bertz CT molecular complexity index is 710. The first kappa shape index (κ1) is 11.5. The van der Waals surface area contributed by atoms with Crippen molar-refractivity contribution in [1.82, 2.24) is 4.98 Å². The Morgan fingerprint density at radius 1 is 0.895 bits per heavy atom. The highest BCUT2D eigenvalue weighted by molar-refractivity contribution is 5.83. The van der Waals surface area contributed by atoms with Gasteiger partial charge in [-0.2, -0.15) is 4.98 Å². The topological polar surface area (TPSA) is 34.1 Å². The first-order chi connectivity index (χ1) is 9.35. The van der Waals surface area contributed by atoms with Crippen molar-refractivity contribution in [2.24, 2.45) is 0 Å². The van der Waals surface area contributed by atoms with E-state index < -0.39 is 0 Å². The third-order valence-corrected chi connectivity index (χ3v) is 2.92. The minimum Gasteiger partial charge on any atom is -0.439 e. The molecular weight excluding hydrogens is 236 g/mol. The van der Waals surface area contributed by atoms with E-state index in [1.165, 1.54) is 5.39 Å². The molecule has 0 amide bonds. The Hall–Kier alpha value is -2.55. The van der Waals surface area contributed by atoms with Crippen LogP contribution < -0.4 is 10.1 Å². The van der Waals surface area contributed by atoms with E-state index in [1.807, 2.05) is 55.6 Å². The summed E-state index contributed by atoms with van der Waals surface area (Å²) in [6, 6.07) is 19.9. The van der Waals surface area contributed by atoms with Gasteiger partial charge in [-0.15, -0.1) is 0 Å². The molecule has 0 saturated carbocycles. The Morgan fingerprint density at radius 3 is 2.58 bits per heavy atom. The van der Waals surface area contributed by atoms with Crippen LogP contribution in [0.25, 0.3) is 10.8 Å². The van der Waals surface area contributed by atoms with E-state index in [9.17, 15) is 0 Å². The maximum absolute atomic E-state index is 5.78. The molecule has 0 bridgehead atoms. The molecule has 3 nitrogen and oxygen atoms in total. The highest BCUT2D eigenvalue weighted by atomic mass is 16.5. The summed E-state index contributed by atoms with van der Waals surface area (Å²) in [6.07, 6.45) is 0. The summed E-state index contributed by atoms with van der Waals surface area (Å²) in [5.74, 6) is 2.17. The maximum Gasteiger partial charge on any atom is 0.221 e. The molecule has 0 aliphatic rings. The number of nitrogens with one attached hydrogen (secondary N) is 1. The van der Waals surface area contributed by atoms with Gasteiger partial charge in [-0.3, -0.25) is 0 Å². The number of nitrogens with zero attached hydrogens (tertiary/aromatic N) is 1. The highest BCUT2D eigenvalue weighted by Gasteiger charge is 2.01. The van der Waals surface area contributed by atoms with Crippen LogP contribution in [0.1, 0.15) is 0 Å². The van der Waals surface area contributed by atoms with Gasteiger partial charge in [0.1, 0.15) is 11.6 Å². The van der Waals surface area contributed by atoms with Crippen LogP contribution in [0.4, 0.5) is 5.82 Å². The number of anilines is 1. The van der Waals surface area contributed by atoms with Crippen LogP contribution in [0.2, 0.25) is 0 Å². The predicted octanol–water partition coefficient (Wildman–Crippen LogP) is 4.07. The molecule has 0 aliphatic carbocycles. The van der Waals surface area contributed by atoms with Crippen molar-refractivity contribution in [2.75, 3.05) is 12.4 Å². The summed E-state index contributed by atoms with van der Waals surface area (Å²) in [5.41, 5.74) is 0. The van der Waals surface area contributed by atoms with Crippen molar-refractivity contribution < 1.29 is 4.74 Å².